The smallest absolute Gasteiger partial charge is 0.410 e. The minimum absolute atomic E-state index is 0.0120. The van der Waals surface area contributed by atoms with E-state index in [1.807, 2.05) is 25.7 Å². The van der Waals surface area contributed by atoms with Gasteiger partial charge in [-0.05, 0) is 53.5 Å². The fourth-order valence-corrected chi connectivity index (χ4v) is 5.00. The number of aromatic nitrogens is 2. The molecule has 2 unspecified atom stereocenters. The summed E-state index contributed by atoms with van der Waals surface area (Å²) in [7, 11) is 1.73. The summed E-state index contributed by atoms with van der Waals surface area (Å²) < 4.78 is 5.64. The fraction of sp³-hybridized carbons (Fsp3) is 0.577. The van der Waals surface area contributed by atoms with Crippen molar-refractivity contribution >= 4 is 23.6 Å². The number of hydrogen-bond donors (Lipinski definition) is 0. The van der Waals surface area contributed by atoms with Crippen LogP contribution in [0.5, 0.6) is 0 Å². The van der Waals surface area contributed by atoms with Gasteiger partial charge < -0.3 is 19.4 Å². The summed E-state index contributed by atoms with van der Waals surface area (Å²) in [6.07, 6.45) is 6.74. The molecule has 3 heterocycles. The largest absolute Gasteiger partial charge is 0.444 e. The molecule has 2 fully saturated rings. The van der Waals surface area contributed by atoms with E-state index in [0.29, 0.717) is 24.5 Å². The van der Waals surface area contributed by atoms with Crippen molar-refractivity contribution in [2.24, 2.45) is 4.99 Å². The predicted octanol–water partition coefficient (Wildman–Crippen LogP) is 3.83. The van der Waals surface area contributed by atoms with Crippen LogP contribution >= 0.6 is 0 Å². The normalized spacial score (nSPS) is 23.7. The summed E-state index contributed by atoms with van der Waals surface area (Å²) in [6, 6.07) is 2.19. The lowest BCUT2D eigenvalue weighted by Gasteiger charge is -2.45. The first-order valence-electron chi connectivity index (χ1n) is 12.1. The molecule has 1 aromatic heterocycles. The zero-order chi connectivity index (χ0) is 25.5. The van der Waals surface area contributed by atoms with Crippen LogP contribution in [-0.2, 0) is 10.2 Å². The molecule has 1 amide bonds. The lowest BCUT2D eigenvalue weighted by Crippen LogP contribution is -2.59. The Morgan fingerprint density at radius 2 is 1.94 bits per heavy atom. The van der Waals surface area contributed by atoms with Crippen molar-refractivity contribution in [3.63, 3.8) is 0 Å². The van der Waals surface area contributed by atoms with Crippen molar-refractivity contribution < 1.29 is 9.53 Å². The third-order valence-electron chi connectivity index (χ3n) is 6.93. The number of amidine groups is 1. The summed E-state index contributed by atoms with van der Waals surface area (Å²) in [5, 5.41) is 9.38. The van der Waals surface area contributed by atoms with E-state index in [9.17, 15) is 10.1 Å². The molecule has 2 aliphatic heterocycles. The zero-order valence-electron chi connectivity index (χ0n) is 21.6. The highest BCUT2D eigenvalue weighted by atomic mass is 16.6. The van der Waals surface area contributed by atoms with Crippen molar-refractivity contribution in [2.75, 3.05) is 36.5 Å². The molecule has 186 valence electrons. The molecule has 1 saturated carbocycles. The van der Waals surface area contributed by atoms with Gasteiger partial charge in [-0.3, -0.25) is 4.99 Å². The van der Waals surface area contributed by atoms with Crippen LogP contribution in [0.3, 0.4) is 0 Å². The Hall–Kier alpha value is -3.41. The Kier molecular flexibility index (Phi) is 6.34. The van der Waals surface area contributed by atoms with Crippen molar-refractivity contribution in [3.05, 3.63) is 36.2 Å². The van der Waals surface area contributed by atoms with E-state index >= 15 is 0 Å². The van der Waals surface area contributed by atoms with Gasteiger partial charge in [0, 0.05) is 49.7 Å². The number of ether oxygens (including phenoxy) is 1. The summed E-state index contributed by atoms with van der Waals surface area (Å²) in [5.74, 6) is 2.47. The molecule has 0 bridgehead atoms. The number of amides is 1. The molecular formula is C26H35N7O2. The average Bonchev–Trinajstić information content (AvgIpc) is 3.51. The Bertz CT molecular complexity index is 1120. The molecule has 9 nitrogen and oxygen atoms in total. The fourth-order valence-electron chi connectivity index (χ4n) is 5.00. The number of carbonyl (C=O) groups is 1. The van der Waals surface area contributed by atoms with Gasteiger partial charge in [0.15, 0.2) is 0 Å². The molecular weight excluding hydrogens is 442 g/mol. The highest BCUT2D eigenvalue weighted by Gasteiger charge is 2.56. The number of hydrogen-bond acceptors (Lipinski definition) is 7. The second-order valence-corrected chi connectivity index (χ2v) is 10.7. The van der Waals surface area contributed by atoms with Crippen molar-refractivity contribution in [3.8, 4) is 6.07 Å². The number of piperazine rings is 1. The topological polar surface area (TPSA) is 98.0 Å². The Labute approximate surface area is 207 Å². The number of fused-ring (bicyclic) bond motifs is 2. The summed E-state index contributed by atoms with van der Waals surface area (Å²) in [5.41, 5.74) is 1.06. The second-order valence-electron chi connectivity index (χ2n) is 10.7. The van der Waals surface area contributed by atoms with Gasteiger partial charge in [-0.1, -0.05) is 12.7 Å². The molecule has 1 spiro atoms. The van der Waals surface area contributed by atoms with E-state index in [1.54, 1.807) is 19.5 Å². The number of anilines is 2. The van der Waals surface area contributed by atoms with Gasteiger partial charge >= 0.3 is 6.09 Å². The Balaban J connectivity index is 1.66. The average molecular weight is 478 g/mol. The molecule has 0 radical (unpaired) electrons. The first kappa shape index (κ1) is 24.7. The number of aliphatic imine (C=N–C) groups is 1. The maximum atomic E-state index is 12.8. The highest BCUT2D eigenvalue weighted by Crippen LogP contribution is 2.58. The molecule has 2 atom stereocenters. The second kappa shape index (κ2) is 8.99. The maximum Gasteiger partial charge on any atom is 0.410 e. The van der Waals surface area contributed by atoms with Crippen LogP contribution in [0.2, 0.25) is 0 Å². The predicted molar refractivity (Wildman–Crippen MR) is 137 cm³/mol. The first-order valence-corrected chi connectivity index (χ1v) is 12.1. The SMILES string of the molecule is C=C/C(C#N)=C\C(=NC)N1CC2(CC2)c2c1ncnc2N1CC(C)N(C(=O)OC(C)(C)C)CC1C. The van der Waals surface area contributed by atoms with Crippen LogP contribution in [0, 0.1) is 11.3 Å². The van der Waals surface area contributed by atoms with Crippen molar-refractivity contribution in [2.45, 2.75) is 70.6 Å². The Morgan fingerprint density at radius 1 is 1.26 bits per heavy atom. The van der Waals surface area contributed by atoms with E-state index in [2.05, 4.69) is 46.3 Å². The lowest BCUT2D eigenvalue weighted by atomic mass is 9.98. The molecule has 35 heavy (non-hydrogen) atoms. The van der Waals surface area contributed by atoms with Crippen LogP contribution < -0.4 is 9.80 Å². The van der Waals surface area contributed by atoms with Gasteiger partial charge in [0.25, 0.3) is 0 Å². The number of rotatable bonds is 3. The lowest BCUT2D eigenvalue weighted by molar-refractivity contribution is 0.0129. The van der Waals surface area contributed by atoms with Crippen LogP contribution in [0.1, 0.15) is 53.0 Å². The van der Waals surface area contributed by atoms with E-state index in [0.717, 1.165) is 36.6 Å². The van der Waals surface area contributed by atoms with Gasteiger partial charge in [-0.15, -0.1) is 0 Å². The van der Waals surface area contributed by atoms with Gasteiger partial charge in [0.05, 0.1) is 11.6 Å². The van der Waals surface area contributed by atoms with Crippen LogP contribution in [0.4, 0.5) is 16.4 Å². The minimum Gasteiger partial charge on any atom is -0.444 e. The molecule has 0 aromatic carbocycles. The standard InChI is InChI=1S/C26H35N7O2/c1-8-19(12-27)11-20(28-7)33-15-26(9-10-26)21-22(29-16-30-23(21)33)31-13-18(3)32(14-17(31)2)24(34)35-25(4,5)6/h8,11,16-18H,1,9-10,13-15H2,2-7H3/b19-11+,28-20?. The molecule has 1 aromatic rings. The van der Waals surface area contributed by atoms with E-state index in [4.69, 9.17) is 9.72 Å². The first-order chi connectivity index (χ1) is 16.5. The quantitative estimate of drug-likeness (QED) is 0.282. The summed E-state index contributed by atoms with van der Waals surface area (Å²) in [6.45, 7) is 15.5. The molecule has 4 rings (SSSR count). The molecule has 3 aliphatic rings. The number of carbonyl (C=O) groups excluding carboxylic acids is 1. The number of allylic oxidation sites excluding steroid dienone is 2. The molecule has 1 saturated heterocycles. The van der Waals surface area contributed by atoms with Gasteiger partial charge in [-0.25, -0.2) is 14.8 Å². The highest BCUT2D eigenvalue weighted by molar-refractivity contribution is 6.08. The third kappa shape index (κ3) is 4.62. The Morgan fingerprint density at radius 3 is 2.51 bits per heavy atom. The zero-order valence-corrected chi connectivity index (χ0v) is 21.6. The number of nitrogens with zero attached hydrogens (tertiary/aromatic N) is 7. The van der Waals surface area contributed by atoms with Gasteiger partial charge in [0.1, 0.15) is 29.4 Å². The van der Waals surface area contributed by atoms with Crippen LogP contribution in [0.15, 0.2) is 35.6 Å². The van der Waals surface area contributed by atoms with Gasteiger partial charge in [0.2, 0.25) is 0 Å². The van der Waals surface area contributed by atoms with Crippen molar-refractivity contribution in [1.82, 2.24) is 14.9 Å². The minimum atomic E-state index is -0.531. The third-order valence-corrected chi connectivity index (χ3v) is 6.93. The number of nitriles is 1. The van der Waals surface area contributed by atoms with Gasteiger partial charge in [-0.2, -0.15) is 5.26 Å². The molecule has 1 aliphatic carbocycles. The monoisotopic (exact) mass is 477 g/mol. The molecule has 0 N–H and O–H groups in total. The van der Waals surface area contributed by atoms with Crippen LogP contribution in [-0.4, -0.2) is 71.2 Å². The van der Waals surface area contributed by atoms with E-state index < -0.39 is 5.60 Å². The van der Waals surface area contributed by atoms with E-state index in [-0.39, 0.29) is 23.6 Å². The maximum absolute atomic E-state index is 12.8. The van der Waals surface area contributed by atoms with Crippen molar-refractivity contribution in [1.29, 1.82) is 5.26 Å². The summed E-state index contributed by atoms with van der Waals surface area (Å²) in [4.78, 5) is 32.9. The van der Waals surface area contributed by atoms with Crippen LogP contribution in [0.25, 0.3) is 0 Å². The van der Waals surface area contributed by atoms with E-state index in [1.165, 1.54) is 6.08 Å². The summed E-state index contributed by atoms with van der Waals surface area (Å²) >= 11 is 0. The molecule has 9 heteroatoms.